The molecule has 0 unspecified atom stereocenters. The second kappa shape index (κ2) is 6.23. The summed E-state index contributed by atoms with van der Waals surface area (Å²) in [5.74, 6) is 0.0831. The van der Waals surface area contributed by atoms with Crippen molar-refractivity contribution >= 4 is 28.4 Å². The van der Waals surface area contributed by atoms with Crippen LogP contribution in [0.25, 0.3) is 10.9 Å². The van der Waals surface area contributed by atoms with E-state index in [0.29, 0.717) is 13.0 Å². The van der Waals surface area contributed by atoms with Gasteiger partial charge in [-0.05, 0) is 43.0 Å². The Kier molecular flexibility index (Phi) is 4.04. The second-order valence-corrected chi connectivity index (χ2v) is 7.55. The number of hydrogen-bond donors (Lipinski definition) is 2. The number of amides is 1. The first-order valence-electron chi connectivity index (χ1n) is 8.65. The maximum absolute atomic E-state index is 12.3. The summed E-state index contributed by atoms with van der Waals surface area (Å²) in [5, 5.41) is 5.08. The topological polar surface area (TPSA) is 44.9 Å². The molecule has 2 N–H and O–H groups in total. The van der Waals surface area contributed by atoms with Crippen LogP contribution < -0.4 is 5.32 Å². The number of halogens is 1. The van der Waals surface area contributed by atoms with Gasteiger partial charge in [-0.15, -0.1) is 0 Å². The van der Waals surface area contributed by atoms with E-state index >= 15 is 0 Å². The number of fused-ring (bicyclic) bond motifs is 1. The van der Waals surface area contributed by atoms with Crippen molar-refractivity contribution in [2.75, 3.05) is 6.54 Å². The van der Waals surface area contributed by atoms with Gasteiger partial charge in [-0.2, -0.15) is 0 Å². The molecule has 1 aromatic heterocycles. The lowest BCUT2D eigenvalue weighted by Gasteiger charge is -2.16. The Hall–Kier alpha value is -2.26. The van der Waals surface area contributed by atoms with Crippen LogP contribution in [0.2, 0.25) is 5.02 Å². The van der Waals surface area contributed by atoms with E-state index in [0.717, 1.165) is 28.9 Å². The lowest BCUT2D eigenvalue weighted by Crippen LogP contribution is -2.33. The van der Waals surface area contributed by atoms with Crippen LogP contribution in [-0.2, 0) is 16.6 Å². The summed E-state index contributed by atoms with van der Waals surface area (Å²) in [6.07, 6.45) is 4.71. The molecule has 3 nitrogen and oxygen atoms in total. The lowest BCUT2D eigenvalue weighted by atomic mass is 9.95. The number of nitrogens with one attached hydrogen (secondary N) is 2. The van der Waals surface area contributed by atoms with Gasteiger partial charge in [0.05, 0.1) is 6.42 Å². The highest BCUT2D eigenvalue weighted by Gasteiger charge is 2.45. The Labute approximate surface area is 152 Å². The molecule has 4 rings (SSSR count). The van der Waals surface area contributed by atoms with Crippen LogP contribution in [0.4, 0.5) is 0 Å². The van der Waals surface area contributed by atoms with Gasteiger partial charge in [0.2, 0.25) is 5.91 Å². The van der Waals surface area contributed by atoms with Crippen molar-refractivity contribution < 1.29 is 4.79 Å². The normalized spacial score (nSPS) is 15.3. The van der Waals surface area contributed by atoms with Crippen molar-refractivity contribution in [1.29, 1.82) is 0 Å². The highest BCUT2D eigenvalue weighted by Crippen LogP contribution is 2.50. The van der Waals surface area contributed by atoms with Crippen molar-refractivity contribution in [2.24, 2.45) is 0 Å². The first-order chi connectivity index (χ1) is 12.1. The first kappa shape index (κ1) is 16.2. The van der Waals surface area contributed by atoms with Gasteiger partial charge in [0.15, 0.2) is 0 Å². The zero-order valence-electron chi connectivity index (χ0n) is 14.2. The zero-order valence-corrected chi connectivity index (χ0v) is 15.0. The molecular weight excluding hydrogens is 332 g/mol. The average molecular weight is 353 g/mol. The minimum atomic E-state index is 0.0638. The van der Waals surface area contributed by atoms with Crippen LogP contribution in [0.3, 0.4) is 0 Å². The van der Waals surface area contributed by atoms with E-state index in [-0.39, 0.29) is 11.3 Å². The third kappa shape index (κ3) is 3.29. The third-order valence-corrected chi connectivity index (χ3v) is 5.37. The summed E-state index contributed by atoms with van der Waals surface area (Å²) in [7, 11) is 0. The predicted octanol–water partition coefficient (Wildman–Crippen LogP) is 4.52. The van der Waals surface area contributed by atoms with Crippen molar-refractivity contribution in [1.82, 2.24) is 10.3 Å². The van der Waals surface area contributed by atoms with E-state index in [1.54, 1.807) is 0 Å². The van der Waals surface area contributed by atoms with E-state index in [1.807, 2.05) is 37.3 Å². The first-order valence-corrected chi connectivity index (χ1v) is 9.03. The molecule has 0 saturated heterocycles. The Morgan fingerprint density at radius 2 is 2.08 bits per heavy atom. The van der Waals surface area contributed by atoms with Gasteiger partial charge >= 0.3 is 0 Å². The fourth-order valence-electron chi connectivity index (χ4n) is 3.57. The molecule has 1 aliphatic rings. The molecule has 25 heavy (non-hydrogen) atoms. The number of rotatable bonds is 5. The summed E-state index contributed by atoms with van der Waals surface area (Å²) < 4.78 is 0. The van der Waals surface area contributed by atoms with E-state index in [2.05, 4.69) is 28.6 Å². The van der Waals surface area contributed by atoms with Gasteiger partial charge in [0.25, 0.3) is 0 Å². The number of aryl methyl sites for hydroxylation is 1. The smallest absolute Gasteiger partial charge is 0.224 e. The van der Waals surface area contributed by atoms with Gasteiger partial charge < -0.3 is 10.3 Å². The molecule has 0 radical (unpaired) electrons. The molecule has 0 bridgehead atoms. The number of benzene rings is 2. The Bertz CT molecular complexity index is 940. The van der Waals surface area contributed by atoms with Gasteiger partial charge in [0, 0.05) is 34.1 Å². The Morgan fingerprint density at radius 1 is 1.24 bits per heavy atom. The van der Waals surface area contributed by atoms with Gasteiger partial charge in [-0.25, -0.2) is 0 Å². The van der Waals surface area contributed by atoms with Crippen LogP contribution in [0, 0.1) is 6.92 Å². The molecule has 1 saturated carbocycles. The van der Waals surface area contributed by atoms with E-state index < -0.39 is 0 Å². The maximum atomic E-state index is 12.3. The maximum Gasteiger partial charge on any atom is 0.224 e. The number of aromatic amines is 1. The number of hydrogen-bond acceptors (Lipinski definition) is 1. The Morgan fingerprint density at radius 3 is 2.84 bits per heavy atom. The molecule has 1 heterocycles. The van der Waals surface area contributed by atoms with E-state index in [9.17, 15) is 4.79 Å². The van der Waals surface area contributed by atoms with Crippen LogP contribution >= 0.6 is 11.6 Å². The van der Waals surface area contributed by atoms with Gasteiger partial charge in [-0.1, -0.05) is 47.5 Å². The van der Waals surface area contributed by atoms with Crippen molar-refractivity contribution in [3.8, 4) is 0 Å². The molecule has 1 amide bonds. The minimum absolute atomic E-state index is 0.0638. The fourth-order valence-corrected chi connectivity index (χ4v) is 3.74. The van der Waals surface area contributed by atoms with E-state index in [4.69, 9.17) is 11.6 Å². The quantitative estimate of drug-likeness (QED) is 0.696. The zero-order chi connectivity index (χ0) is 17.4. The molecule has 2 aromatic carbocycles. The number of carbonyl (C=O) groups excluding carboxylic acids is 1. The Balaban J connectivity index is 1.46. The van der Waals surface area contributed by atoms with Crippen molar-refractivity contribution in [3.63, 3.8) is 0 Å². The highest BCUT2D eigenvalue weighted by molar-refractivity contribution is 6.31. The SMILES string of the molecule is Cc1cccc(CC(=O)NCC2(c3c[nH]c4cc(Cl)ccc34)CC2)c1. The number of carbonyl (C=O) groups is 1. The molecule has 3 aromatic rings. The predicted molar refractivity (Wildman–Crippen MR) is 102 cm³/mol. The van der Waals surface area contributed by atoms with E-state index in [1.165, 1.54) is 16.5 Å². The molecule has 0 spiro atoms. The minimum Gasteiger partial charge on any atom is -0.361 e. The molecule has 128 valence electrons. The monoisotopic (exact) mass is 352 g/mol. The van der Waals surface area contributed by atoms with Crippen molar-refractivity contribution in [3.05, 3.63) is 70.4 Å². The molecule has 1 fully saturated rings. The molecule has 4 heteroatoms. The van der Waals surface area contributed by atoms with Crippen LogP contribution in [0.15, 0.2) is 48.7 Å². The largest absolute Gasteiger partial charge is 0.361 e. The van der Waals surface area contributed by atoms with Crippen LogP contribution in [-0.4, -0.2) is 17.4 Å². The summed E-state index contributed by atoms with van der Waals surface area (Å²) >= 11 is 6.07. The second-order valence-electron chi connectivity index (χ2n) is 7.12. The summed E-state index contributed by atoms with van der Waals surface area (Å²) in [5.41, 5.74) is 4.65. The third-order valence-electron chi connectivity index (χ3n) is 5.14. The molecule has 0 atom stereocenters. The van der Waals surface area contributed by atoms with Crippen LogP contribution in [0.5, 0.6) is 0 Å². The van der Waals surface area contributed by atoms with Gasteiger partial charge in [0.1, 0.15) is 0 Å². The summed E-state index contributed by atoms with van der Waals surface area (Å²) in [6.45, 7) is 2.73. The summed E-state index contributed by atoms with van der Waals surface area (Å²) in [6, 6.07) is 14.1. The fraction of sp³-hybridized carbons (Fsp3) is 0.286. The summed E-state index contributed by atoms with van der Waals surface area (Å²) in [4.78, 5) is 15.7. The van der Waals surface area contributed by atoms with Gasteiger partial charge in [-0.3, -0.25) is 4.79 Å². The lowest BCUT2D eigenvalue weighted by molar-refractivity contribution is -0.120. The van der Waals surface area contributed by atoms with Crippen LogP contribution in [0.1, 0.15) is 29.5 Å². The standard InChI is InChI=1S/C21H21ClN2O/c1-14-3-2-4-15(9-14)10-20(25)24-13-21(7-8-21)18-12-23-19-11-16(22)5-6-17(18)19/h2-6,9,11-12,23H,7-8,10,13H2,1H3,(H,24,25). The molecule has 0 aliphatic heterocycles. The average Bonchev–Trinajstić information content (AvgIpc) is 3.25. The molecule has 1 aliphatic carbocycles. The highest BCUT2D eigenvalue weighted by atomic mass is 35.5. The number of H-pyrrole nitrogens is 1. The molecular formula is C21H21ClN2O. The van der Waals surface area contributed by atoms with Crippen molar-refractivity contribution in [2.45, 2.75) is 31.6 Å². The number of aromatic nitrogens is 1.